The summed E-state index contributed by atoms with van der Waals surface area (Å²) < 4.78 is 16.1. The van der Waals surface area contributed by atoms with Crippen LogP contribution in [0.25, 0.3) is 0 Å². The summed E-state index contributed by atoms with van der Waals surface area (Å²) >= 11 is 0. The summed E-state index contributed by atoms with van der Waals surface area (Å²) in [4.78, 5) is 40.6. The Morgan fingerprint density at radius 1 is 1.13 bits per heavy atom. The molecule has 0 aliphatic carbocycles. The van der Waals surface area contributed by atoms with Crippen LogP contribution >= 0.6 is 0 Å². The first kappa shape index (κ1) is 19.8. The summed E-state index contributed by atoms with van der Waals surface area (Å²) in [5.41, 5.74) is 1.25. The molecule has 2 aliphatic rings. The summed E-state index contributed by atoms with van der Waals surface area (Å²) in [6, 6.07) is 11.3. The SMILES string of the molecule is CCOc1ccc(N2C(=O)C[C@H](N(Cc3ccc4c(c3)OCO4)C(C)=O)C2=O)cc1. The van der Waals surface area contributed by atoms with E-state index in [0.717, 1.165) is 10.5 Å². The van der Waals surface area contributed by atoms with Crippen molar-refractivity contribution in [1.29, 1.82) is 0 Å². The molecule has 2 aromatic carbocycles. The van der Waals surface area contributed by atoms with Crippen molar-refractivity contribution in [2.24, 2.45) is 0 Å². The Morgan fingerprint density at radius 3 is 2.57 bits per heavy atom. The van der Waals surface area contributed by atoms with Gasteiger partial charge in [-0.2, -0.15) is 0 Å². The third kappa shape index (κ3) is 3.68. The number of amides is 3. The van der Waals surface area contributed by atoms with E-state index in [1.165, 1.54) is 11.8 Å². The highest BCUT2D eigenvalue weighted by molar-refractivity contribution is 6.23. The molecule has 0 aromatic heterocycles. The number of benzene rings is 2. The van der Waals surface area contributed by atoms with E-state index in [4.69, 9.17) is 14.2 Å². The smallest absolute Gasteiger partial charge is 0.257 e. The van der Waals surface area contributed by atoms with Crippen LogP contribution in [-0.2, 0) is 20.9 Å². The minimum Gasteiger partial charge on any atom is -0.494 e. The van der Waals surface area contributed by atoms with Gasteiger partial charge in [-0.3, -0.25) is 14.4 Å². The number of rotatable bonds is 6. The summed E-state index contributed by atoms with van der Waals surface area (Å²) in [5, 5.41) is 0. The number of nitrogens with zero attached hydrogens (tertiary/aromatic N) is 2. The molecule has 0 saturated carbocycles. The number of fused-ring (bicyclic) bond motifs is 1. The minimum absolute atomic E-state index is 0.0593. The van der Waals surface area contributed by atoms with Crippen LogP contribution in [0, 0.1) is 0 Å². The fourth-order valence-corrected chi connectivity index (χ4v) is 3.67. The zero-order valence-electron chi connectivity index (χ0n) is 16.8. The molecule has 3 amide bonds. The second-order valence-corrected chi connectivity index (χ2v) is 7.05. The molecule has 1 fully saturated rings. The van der Waals surface area contributed by atoms with Gasteiger partial charge in [0.25, 0.3) is 5.91 Å². The average molecular weight is 410 g/mol. The third-order valence-corrected chi connectivity index (χ3v) is 5.10. The zero-order chi connectivity index (χ0) is 21.3. The van der Waals surface area contributed by atoms with Crippen molar-refractivity contribution in [3.05, 3.63) is 48.0 Å². The van der Waals surface area contributed by atoms with Crippen LogP contribution in [0.5, 0.6) is 17.2 Å². The van der Waals surface area contributed by atoms with Gasteiger partial charge < -0.3 is 19.1 Å². The van der Waals surface area contributed by atoms with E-state index in [-0.39, 0.29) is 31.6 Å². The Labute approximate surface area is 173 Å². The van der Waals surface area contributed by atoms with Gasteiger partial charge in [-0.25, -0.2) is 4.90 Å². The maximum Gasteiger partial charge on any atom is 0.257 e. The van der Waals surface area contributed by atoms with Gasteiger partial charge >= 0.3 is 0 Å². The maximum atomic E-state index is 13.1. The molecular formula is C22H22N2O6. The number of hydrogen-bond donors (Lipinski definition) is 0. The first-order valence-electron chi connectivity index (χ1n) is 9.73. The zero-order valence-corrected chi connectivity index (χ0v) is 16.8. The minimum atomic E-state index is -0.855. The maximum absolute atomic E-state index is 13.1. The van der Waals surface area contributed by atoms with E-state index < -0.39 is 11.9 Å². The first-order valence-corrected chi connectivity index (χ1v) is 9.73. The van der Waals surface area contributed by atoms with Crippen LogP contribution < -0.4 is 19.1 Å². The molecule has 30 heavy (non-hydrogen) atoms. The lowest BCUT2D eigenvalue weighted by Crippen LogP contribution is -2.44. The molecule has 0 N–H and O–H groups in total. The van der Waals surface area contributed by atoms with Crippen molar-refractivity contribution in [3.8, 4) is 17.2 Å². The van der Waals surface area contributed by atoms with Crippen LogP contribution in [0.15, 0.2) is 42.5 Å². The molecule has 0 spiro atoms. The summed E-state index contributed by atoms with van der Waals surface area (Å²) in [7, 11) is 0. The summed E-state index contributed by atoms with van der Waals surface area (Å²) in [6.07, 6.45) is -0.0593. The highest BCUT2D eigenvalue weighted by Crippen LogP contribution is 2.34. The molecule has 0 bridgehead atoms. The number of ether oxygens (including phenoxy) is 3. The van der Waals surface area contributed by atoms with Crippen LogP contribution in [0.4, 0.5) is 5.69 Å². The van der Waals surface area contributed by atoms with Gasteiger partial charge in [0.2, 0.25) is 18.6 Å². The highest BCUT2D eigenvalue weighted by atomic mass is 16.7. The van der Waals surface area contributed by atoms with Crippen LogP contribution in [0.3, 0.4) is 0 Å². The van der Waals surface area contributed by atoms with Crippen molar-refractivity contribution in [3.63, 3.8) is 0 Å². The van der Waals surface area contributed by atoms with Crippen molar-refractivity contribution in [2.75, 3.05) is 18.3 Å². The molecule has 156 valence electrons. The number of imide groups is 1. The van der Waals surface area contributed by atoms with E-state index in [1.54, 1.807) is 36.4 Å². The second-order valence-electron chi connectivity index (χ2n) is 7.05. The molecule has 1 saturated heterocycles. The number of carbonyl (C=O) groups is 3. The molecule has 2 heterocycles. The molecule has 2 aromatic rings. The lowest BCUT2D eigenvalue weighted by molar-refractivity contribution is -0.137. The lowest BCUT2D eigenvalue weighted by atomic mass is 10.1. The Morgan fingerprint density at radius 2 is 1.87 bits per heavy atom. The first-order chi connectivity index (χ1) is 14.5. The van der Waals surface area contributed by atoms with Gasteiger partial charge in [0.15, 0.2) is 11.5 Å². The van der Waals surface area contributed by atoms with Crippen molar-refractivity contribution in [2.45, 2.75) is 32.9 Å². The predicted molar refractivity (Wildman–Crippen MR) is 107 cm³/mol. The number of hydrogen-bond acceptors (Lipinski definition) is 6. The number of carbonyl (C=O) groups excluding carboxylic acids is 3. The molecular weight excluding hydrogens is 388 g/mol. The largest absolute Gasteiger partial charge is 0.494 e. The Hall–Kier alpha value is -3.55. The quantitative estimate of drug-likeness (QED) is 0.681. The van der Waals surface area contributed by atoms with Crippen molar-refractivity contribution < 1.29 is 28.6 Å². The lowest BCUT2D eigenvalue weighted by Gasteiger charge is -2.26. The van der Waals surface area contributed by atoms with Gasteiger partial charge in [-0.05, 0) is 48.9 Å². The van der Waals surface area contributed by atoms with Crippen LogP contribution in [-0.4, -0.2) is 42.1 Å². The fraction of sp³-hybridized carbons (Fsp3) is 0.318. The van der Waals surface area contributed by atoms with Gasteiger partial charge in [-0.1, -0.05) is 6.07 Å². The van der Waals surface area contributed by atoms with Gasteiger partial charge in [-0.15, -0.1) is 0 Å². The van der Waals surface area contributed by atoms with Crippen LogP contribution in [0.1, 0.15) is 25.8 Å². The van der Waals surface area contributed by atoms with Gasteiger partial charge in [0, 0.05) is 13.5 Å². The van der Waals surface area contributed by atoms with E-state index >= 15 is 0 Å². The molecule has 4 rings (SSSR count). The van der Waals surface area contributed by atoms with E-state index in [2.05, 4.69) is 0 Å². The summed E-state index contributed by atoms with van der Waals surface area (Å²) in [6.45, 7) is 4.14. The topological polar surface area (TPSA) is 85.4 Å². The second kappa shape index (κ2) is 8.06. The third-order valence-electron chi connectivity index (χ3n) is 5.10. The molecule has 1 atom stereocenters. The van der Waals surface area contributed by atoms with Crippen LogP contribution in [0.2, 0.25) is 0 Å². The average Bonchev–Trinajstić information content (AvgIpc) is 3.30. The van der Waals surface area contributed by atoms with E-state index in [0.29, 0.717) is 29.5 Å². The molecule has 0 unspecified atom stereocenters. The molecule has 8 nitrogen and oxygen atoms in total. The normalized spacial score (nSPS) is 17.4. The predicted octanol–water partition coefficient (Wildman–Crippen LogP) is 2.49. The molecule has 0 radical (unpaired) electrons. The summed E-state index contributed by atoms with van der Waals surface area (Å²) in [5.74, 6) is 0.853. The molecule has 2 aliphatic heterocycles. The Balaban J connectivity index is 1.54. The van der Waals surface area contributed by atoms with Crippen molar-refractivity contribution in [1.82, 2.24) is 4.90 Å². The van der Waals surface area contributed by atoms with E-state index in [1.807, 2.05) is 13.0 Å². The fourth-order valence-electron chi connectivity index (χ4n) is 3.67. The van der Waals surface area contributed by atoms with Gasteiger partial charge in [0.05, 0.1) is 18.7 Å². The van der Waals surface area contributed by atoms with Crippen molar-refractivity contribution >= 4 is 23.4 Å². The van der Waals surface area contributed by atoms with Gasteiger partial charge in [0.1, 0.15) is 11.8 Å². The Bertz CT molecular complexity index is 988. The highest BCUT2D eigenvalue weighted by Gasteiger charge is 2.43. The monoisotopic (exact) mass is 410 g/mol. The standard InChI is InChI=1S/C22H22N2O6/c1-3-28-17-7-5-16(6-8-17)24-21(26)11-18(22(24)27)23(14(2)25)12-15-4-9-19-20(10-15)30-13-29-19/h4-10,18H,3,11-13H2,1-2H3/t18-/m0/s1. The number of anilines is 1. The molecule has 8 heteroatoms. The Kier molecular flexibility index (Phi) is 5.31. The van der Waals surface area contributed by atoms with E-state index in [9.17, 15) is 14.4 Å².